The highest BCUT2D eigenvalue weighted by molar-refractivity contribution is 5.81. The van der Waals surface area contributed by atoms with Gasteiger partial charge in [0.1, 0.15) is 0 Å². The highest BCUT2D eigenvalue weighted by atomic mass is 16.2. The van der Waals surface area contributed by atoms with E-state index in [2.05, 4.69) is 31.6 Å². The van der Waals surface area contributed by atoms with Gasteiger partial charge >= 0.3 is 0 Å². The number of nitrogens with one attached hydrogen (secondary N) is 5. The summed E-state index contributed by atoms with van der Waals surface area (Å²) in [6.07, 6.45) is 0.996. The minimum atomic E-state index is -0.709. The molecule has 0 fully saturated rings. The molecule has 0 aromatic heterocycles. The van der Waals surface area contributed by atoms with Crippen LogP contribution in [0.1, 0.15) is 12.8 Å². The Morgan fingerprint density at radius 2 is 2.11 bits per heavy atom. The SMILES string of the molecule is N=NCCNNC(=O)C(CCCNC(=N)N)N=NN. The van der Waals surface area contributed by atoms with Crippen molar-refractivity contribution in [3.8, 4) is 0 Å². The van der Waals surface area contributed by atoms with Crippen molar-refractivity contribution < 1.29 is 4.79 Å². The minimum absolute atomic E-state index is 0.123. The molecule has 11 heteroatoms. The minimum Gasteiger partial charge on any atom is -0.370 e. The van der Waals surface area contributed by atoms with Crippen LogP contribution >= 0.6 is 0 Å². The Hall–Kier alpha value is -2.30. The van der Waals surface area contributed by atoms with E-state index in [0.717, 1.165) is 0 Å². The molecule has 1 unspecified atom stereocenters. The molecule has 0 bridgehead atoms. The lowest BCUT2D eigenvalue weighted by Crippen LogP contribution is -2.44. The van der Waals surface area contributed by atoms with Gasteiger partial charge in [0, 0.05) is 13.1 Å². The third-order valence-corrected chi connectivity index (χ3v) is 2.04. The first kappa shape index (κ1) is 16.7. The fourth-order valence-electron chi connectivity index (χ4n) is 1.18. The van der Waals surface area contributed by atoms with E-state index in [1.165, 1.54) is 0 Å². The highest BCUT2D eigenvalue weighted by Crippen LogP contribution is 2.01. The second-order valence-electron chi connectivity index (χ2n) is 3.53. The number of nitrogens with two attached hydrogens (primary N) is 2. The largest absolute Gasteiger partial charge is 0.370 e. The summed E-state index contributed by atoms with van der Waals surface area (Å²) in [4.78, 5) is 11.7. The van der Waals surface area contributed by atoms with Crippen LogP contribution in [0.15, 0.2) is 15.5 Å². The molecule has 11 nitrogen and oxygen atoms in total. The summed E-state index contributed by atoms with van der Waals surface area (Å²) in [7, 11) is 0. The third kappa shape index (κ3) is 9.41. The maximum absolute atomic E-state index is 11.7. The molecule has 9 N–H and O–H groups in total. The van der Waals surface area contributed by atoms with Crippen LogP contribution in [0.25, 0.3) is 0 Å². The first-order valence-electron chi connectivity index (χ1n) is 5.65. The van der Waals surface area contributed by atoms with E-state index < -0.39 is 6.04 Å². The number of nitrogens with zero attached hydrogens (tertiary/aromatic N) is 3. The second-order valence-corrected chi connectivity index (χ2v) is 3.53. The Kier molecular flexibility index (Phi) is 9.52. The maximum Gasteiger partial charge on any atom is 0.260 e. The van der Waals surface area contributed by atoms with Crippen LogP contribution in [-0.2, 0) is 4.79 Å². The van der Waals surface area contributed by atoms with Crippen molar-refractivity contribution in [2.75, 3.05) is 19.6 Å². The van der Waals surface area contributed by atoms with Gasteiger partial charge in [-0.05, 0) is 12.8 Å². The first-order chi connectivity index (χ1) is 9.11. The van der Waals surface area contributed by atoms with Gasteiger partial charge in [-0.25, -0.2) is 11.0 Å². The summed E-state index contributed by atoms with van der Waals surface area (Å²) >= 11 is 0. The number of amides is 1. The Bertz CT molecular complexity index is 317. The summed E-state index contributed by atoms with van der Waals surface area (Å²) in [5.41, 5.74) is 16.7. The lowest BCUT2D eigenvalue weighted by molar-refractivity contribution is -0.123. The Balaban J connectivity index is 3.97. The number of rotatable bonds is 10. The molecule has 1 atom stereocenters. The van der Waals surface area contributed by atoms with E-state index in [1.54, 1.807) is 0 Å². The normalized spacial score (nSPS) is 12.0. The van der Waals surface area contributed by atoms with E-state index in [0.29, 0.717) is 25.9 Å². The Morgan fingerprint density at radius 3 is 2.68 bits per heavy atom. The van der Waals surface area contributed by atoms with Gasteiger partial charge in [-0.1, -0.05) is 5.22 Å². The average molecular weight is 272 g/mol. The van der Waals surface area contributed by atoms with Crippen LogP contribution in [0.5, 0.6) is 0 Å². The Labute approximate surface area is 110 Å². The van der Waals surface area contributed by atoms with E-state index in [4.69, 9.17) is 22.5 Å². The van der Waals surface area contributed by atoms with Crippen LogP contribution in [0.2, 0.25) is 0 Å². The number of hydrazine groups is 1. The summed E-state index contributed by atoms with van der Waals surface area (Å²) in [5, 5.41) is 19.4. The molecule has 0 aliphatic rings. The summed E-state index contributed by atoms with van der Waals surface area (Å²) < 4.78 is 0. The van der Waals surface area contributed by atoms with Crippen molar-refractivity contribution >= 4 is 11.9 Å². The fraction of sp³-hybridized carbons (Fsp3) is 0.750. The summed E-state index contributed by atoms with van der Waals surface area (Å²) in [6, 6.07) is -0.709. The number of hydrogen-bond acceptors (Lipinski definition) is 7. The van der Waals surface area contributed by atoms with Crippen molar-refractivity contribution in [3.05, 3.63) is 0 Å². The van der Waals surface area contributed by atoms with Gasteiger partial charge < -0.3 is 16.9 Å². The predicted molar refractivity (Wildman–Crippen MR) is 68.1 cm³/mol. The lowest BCUT2D eigenvalue weighted by Gasteiger charge is -2.12. The number of carbonyl (C=O) groups excluding carboxylic acids is 1. The van der Waals surface area contributed by atoms with E-state index in [-0.39, 0.29) is 18.4 Å². The molecule has 0 saturated carbocycles. The van der Waals surface area contributed by atoms with Gasteiger partial charge in [-0.2, -0.15) is 10.2 Å². The zero-order valence-corrected chi connectivity index (χ0v) is 10.5. The van der Waals surface area contributed by atoms with Gasteiger partial charge in [0.2, 0.25) is 0 Å². The molecular formula is C8H20N10O. The highest BCUT2D eigenvalue weighted by Gasteiger charge is 2.17. The quantitative estimate of drug-likeness (QED) is 0.0641. The number of hydrogen-bond donors (Lipinski definition) is 7. The zero-order valence-electron chi connectivity index (χ0n) is 10.5. The van der Waals surface area contributed by atoms with E-state index >= 15 is 0 Å². The molecule has 0 saturated heterocycles. The van der Waals surface area contributed by atoms with Crippen molar-refractivity contribution in [2.24, 2.45) is 27.0 Å². The number of guanidine groups is 1. The molecule has 0 spiro atoms. The van der Waals surface area contributed by atoms with E-state index in [1.807, 2.05) is 0 Å². The topological polar surface area (TPSA) is 190 Å². The molecule has 0 heterocycles. The Morgan fingerprint density at radius 1 is 1.37 bits per heavy atom. The summed E-state index contributed by atoms with van der Waals surface area (Å²) in [5.74, 6) is 4.45. The van der Waals surface area contributed by atoms with Crippen molar-refractivity contribution in [3.63, 3.8) is 0 Å². The van der Waals surface area contributed by atoms with Crippen molar-refractivity contribution in [2.45, 2.75) is 18.9 Å². The third-order valence-electron chi connectivity index (χ3n) is 2.04. The molecule has 0 aromatic carbocycles. The molecule has 108 valence electrons. The van der Waals surface area contributed by atoms with Crippen molar-refractivity contribution in [1.29, 1.82) is 10.9 Å². The van der Waals surface area contributed by atoms with Gasteiger partial charge in [0.25, 0.3) is 5.91 Å². The molecule has 0 aliphatic heterocycles. The van der Waals surface area contributed by atoms with Gasteiger partial charge in [-0.15, -0.1) is 0 Å². The average Bonchev–Trinajstić information content (AvgIpc) is 2.37. The zero-order chi connectivity index (χ0) is 14.5. The predicted octanol–water partition coefficient (Wildman–Crippen LogP) is -1.40. The molecule has 0 radical (unpaired) electrons. The standard InChI is InChI=1S/C8H20N10O/c9-8(10)13-3-1-2-6(16-18-12)7(19)17-15-5-4-14-11/h6,11,15H,1-5H2,(H2,12,16)(H,17,19)(H4,9,10,13). The van der Waals surface area contributed by atoms with Crippen LogP contribution in [-0.4, -0.2) is 37.5 Å². The smallest absolute Gasteiger partial charge is 0.260 e. The van der Waals surface area contributed by atoms with Gasteiger partial charge in [-0.3, -0.25) is 15.6 Å². The van der Waals surface area contributed by atoms with Crippen LogP contribution in [0.4, 0.5) is 0 Å². The maximum atomic E-state index is 11.7. The first-order valence-corrected chi connectivity index (χ1v) is 5.65. The molecule has 0 aliphatic carbocycles. The van der Waals surface area contributed by atoms with Crippen molar-refractivity contribution in [1.82, 2.24) is 16.2 Å². The molecular weight excluding hydrogens is 252 g/mol. The monoisotopic (exact) mass is 272 g/mol. The van der Waals surface area contributed by atoms with Gasteiger partial charge in [0.15, 0.2) is 12.0 Å². The number of carbonyl (C=O) groups is 1. The lowest BCUT2D eigenvalue weighted by atomic mass is 10.1. The van der Waals surface area contributed by atoms with Crippen LogP contribution in [0, 0.1) is 10.9 Å². The second kappa shape index (κ2) is 10.8. The molecule has 1 amide bonds. The van der Waals surface area contributed by atoms with Crippen LogP contribution < -0.4 is 27.7 Å². The van der Waals surface area contributed by atoms with Crippen LogP contribution in [0.3, 0.4) is 0 Å². The molecule has 0 aromatic rings. The molecule has 19 heavy (non-hydrogen) atoms. The fourth-order valence-corrected chi connectivity index (χ4v) is 1.18. The van der Waals surface area contributed by atoms with Gasteiger partial charge in [0.05, 0.1) is 6.54 Å². The summed E-state index contributed by atoms with van der Waals surface area (Å²) in [6.45, 7) is 1.09. The van der Waals surface area contributed by atoms with E-state index in [9.17, 15) is 4.79 Å². The molecule has 0 rings (SSSR count).